The van der Waals surface area contributed by atoms with E-state index in [2.05, 4.69) is 19.2 Å². The molecule has 1 N–H and O–H groups in total. The van der Waals surface area contributed by atoms with E-state index in [1.165, 1.54) is 32.1 Å². The summed E-state index contributed by atoms with van der Waals surface area (Å²) >= 11 is 0. The van der Waals surface area contributed by atoms with Gasteiger partial charge in [-0.25, -0.2) is 0 Å². The van der Waals surface area contributed by atoms with E-state index in [0.29, 0.717) is 18.1 Å². The fourth-order valence-corrected chi connectivity index (χ4v) is 3.25. The maximum Gasteiger partial charge on any atom is 0.149 e. The lowest BCUT2D eigenvalue weighted by molar-refractivity contribution is -0.121. The van der Waals surface area contributed by atoms with Gasteiger partial charge in [0.15, 0.2) is 0 Å². The lowest BCUT2D eigenvalue weighted by Crippen LogP contribution is -2.39. The average molecular weight is 239 g/mol. The molecule has 0 aliphatic heterocycles. The summed E-state index contributed by atoms with van der Waals surface area (Å²) < 4.78 is 0. The molecule has 0 amide bonds. The zero-order valence-electron chi connectivity index (χ0n) is 12.0. The first-order chi connectivity index (χ1) is 8.12. The largest absolute Gasteiger partial charge is 0.310 e. The Kier molecular flexibility index (Phi) is 6.18. The van der Waals surface area contributed by atoms with Gasteiger partial charge in [0.1, 0.15) is 5.78 Å². The number of carbonyl (C=O) groups is 1. The van der Waals surface area contributed by atoms with Gasteiger partial charge in [-0.2, -0.15) is 0 Å². The summed E-state index contributed by atoms with van der Waals surface area (Å²) in [4.78, 5) is 11.9. The molecule has 1 saturated carbocycles. The molecule has 0 radical (unpaired) electrons. The summed E-state index contributed by atoms with van der Waals surface area (Å²) in [6.45, 7) is 6.59. The van der Waals surface area contributed by atoms with Gasteiger partial charge in [0, 0.05) is 6.42 Å². The molecule has 1 aliphatic rings. The molecule has 1 rings (SSSR count). The quantitative estimate of drug-likeness (QED) is 0.737. The molecule has 0 saturated heterocycles. The summed E-state index contributed by atoms with van der Waals surface area (Å²) in [6.07, 6.45) is 7.11. The maximum absolute atomic E-state index is 11.9. The van der Waals surface area contributed by atoms with Gasteiger partial charge in [-0.05, 0) is 44.1 Å². The zero-order chi connectivity index (χ0) is 12.8. The van der Waals surface area contributed by atoms with Crippen LogP contribution in [0.15, 0.2) is 0 Å². The molecule has 2 heteroatoms. The topological polar surface area (TPSA) is 29.1 Å². The van der Waals surface area contributed by atoms with Gasteiger partial charge in [-0.1, -0.05) is 33.6 Å². The van der Waals surface area contributed by atoms with Crippen molar-refractivity contribution in [2.45, 2.75) is 65.3 Å². The van der Waals surface area contributed by atoms with Crippen LogP contribution in [-0.2, 0) is 4.79 Å². The summed E-state index contributed by atoms with van der Waals surface area (Å²) in [7, 11) is 1.93. The molecule has 0 bridgehead atoms. The molecule has 2 nitrogen and oxygen atoms in total. The fraction of sp³-hybridized carbons (Fsp3) is 0.933. The van der Waals surface area contributed by atoms with E-state index in [1.807, 2.05) is 14.0 Å². The van der Waals surface area contributed by atoms with Gasteiger partial charge in [0.05, 0.1) is 6.04 Å². The molecule has 1 aliphatic carbocycles. The SMILES string of the molecule is CCC(=O)C(NC)C1CCC(CC(C)CC)C1. The number of ketones is 1. The number of Topliss-reactive ketones (excluding diaryl/α,β-unsaturated/α-hetero) is 1. The van der Waals surface area contributed by atoms with Crippen molar-refractivity contribution < 1.29 is 4.79 Å². The third kappa shape index (κ3) is 4.09. The van der Waals surface area contributed by atoms with E-state index in [9.17, 15) is 4.79 Å². The predicted molar refractivity (Wildman–Crippen MR) is 73.0 cm³/mol. The standard InChI is InChI=1S/C15H29NO/c1-5-11(3)9-12-7-8-13(10-12)15(16-4)14(17)6-2/h11-13,15-16H,5-10H2,1-4H3. The summed E-state index contributed by atoms with van der Waals surface area (Å²) in [6, 6.07) is 0.113. The highest BCUT2D eigenvalue weighted by Gasteiger charge is 2.33. The van der Waals surface area contributed by atoms with Crippen molar-refractivity contribution in [1.29, 1.82) is 0 Å². The number of likely N-dealkylation sites (N-methyl/N-ethyl adjacent to an activating group) is 1. The Balaban J connectivity index is 2.45. The summed E-state index contributed by atoms with van der Waals surface area (Å²) in [5, 5.41) is 3.23. The Morgan fingerprint density at radius 1 is 1.35 bits per heavy atom. The maximum atomic E-state index is 11.9. The minimum absolute atomic E-state index is 0.113. The molecule has 0 spiro atoms. The van der Waals surface area contributed by atoms with E-state index in [4.69, 9.17) is 0 Å². The van der Waals surface area contributed by atoms with Crippen LogP contribution in [0.4, 0.5) is 0 Å². The number of carbonyl (C=O) groups excluding carboxylic acids is 1. The van der Waals surface area contributed by atoms with Crippen molar-refractivity contribution in [2.24, 2.45) is 17.8 Å². The normalized spacial score (nSPS) is 28.0. The second kappa shape index (κ2) is 7.15. The monoisotopic (exact) mass is 239 g/mol. The highest BCUT2D eigenvalue weighted by Crippen LogP contribution is 2.37. The molecule has 0 heterocycles. The Labute approximate surface area is 107 Å². The highest BCUT2D eigenvalue weighted by atomic mass is 16.1. The third-order valence-corrected chi connectivity index (χ3v) is 4.49. The van der Waals surface area contributed by atoms with E-state index in [0.717, 1.165) is 11.8 Å². The van der Waals surface area contributed by atoms with Crippen molar-refractivity contribution in [3.8, 4) is 0 Å². The van der Waals surface area contributed by atoms with Gasteiger partial charge >= 0.3 is 0 Å². The summed E-state index contributed by atoms with van der Waals surface area (Å²) in [5.41, 5.74) is 0. The third-order valence-electron chi connectivity index (χ3n) is 4.49. The van der Waals surface area contributed by atoms with E-state index >= 15 is 0 Å². The van der Waals surface area contributed by atoms with E-state index in [-0.39, 0.29) is 6.04 Å². The first kappa shape index (κ1) is 14.7. The molecular formula is C15H29NO. The number of nitrogens with one attached hydrogen (secondary N) is 1. The van der Waals surface area contributed by atoms with Crippen LogP contribution in [0.3, 0.4) is 0 Å². The van der Waals surface area contributed by atoms with Crippen molar-refractivity contribution in [2.75, 3.05) is 7.05 Å². The zero-order valence-corrected chi connectivity index (χ0v) is 12.0. The Bertz CT molecular complexity index is 239. The lowest BCUT2D eigenvalue weighted by Gasteiger charge is -2.22. The Hall–Kier alpha value is -0.370. The molecule has 0 aromatic carbocycles. The van der Waals surface area contributed by atoms with Gasteiger partial charge < -0.3 is 5.32 Å². The van der Waals surface area contributed by atoms with Crippen LogP contribution in [0.1, 0.15) is 59.3 Å². The smallest absolute Gasteiger partial charge is 0.149 e. The molecule has 4 atom stereocenters. The van der Waals surface area contributed by atoms with E-state index < -0.39 is 0 Å². The molecule has 0 aromatic rings. The minimum Gasteiger partial charge on any atom is -0.310 e. The van der Waals surface area contributed by atoms with Crippen molar-refractivity contribution in [3.63, 3.8) is 0 Å². The molecule has 4 unspecified atom stereocenters. The van der Waals surface area contributed by atoms with Crippen molar-refractivity contribution >= 4 is 5.78 Å². The molecule has 100 valence electrons. The number of hydrogen-bond acceptors (Lipinski definition) is 2. The Morgan fingerprint density at radius 2 is 2.06 bits per heavy atom. The average Bonchev–Trinajstić information content (AvgIpc) is 2.77. The fourth-order valence-electron chi connectivity index (χ4n) is 3.25. The summed E-state index contributed by atoms with van der Waals surface area (Å²) in [5.74, 6) is 2.67. The van der Waals surface area contributed by atoms with Gasteiger partial charge in [-0.15, -0.1) is 0 Å². The molecular weight excluding hydrogens is 210 g/mol. The van der Waals surface area contributed by atoms with Crippen LogP contribution < -0.4 is 5.32 Å². The van der Waals surface area contributed by atoms with Crippen molar-refractivity contribution in [1.82, 2.24) is 5.32 Å². The molecule has 17 heavy (non-hydrogen) atoms. The van der Waals surface area contributed by atoms with Gasteiger partial charge in [-0.3, -0.25) is 4.79 Å². The van der Waals surface area contributed by atoms with Crippen LogP contribution in [0.25, 0.3) is 0 Å². The Morgan fingerprint density at radius 3 is 2.59 bits per heavy atom. The number of hydrogen-bond donors (Lipinski definition) is 1. The van der Waals surface area contributed by atoms with Gasteiger partial charge in [0.25, 0.3) is 0 Å². The first-order valence-electron chi connectivity index (χ1n) is 7.32. The van der Waals surface area contributed by atoms with Crippen molar-refractivity contribution in [3.05, 3.63) is 0 Å². The predicted octanol–water partition coefficient (Wildman–Crippen LogP) is 3.41. The van der Waals surface area contributed by atoms with Crippen LogP contribution in [0.5, 0.6) is 0 Å². The molecule has 1 fully saturated rings. The van der Waals surface area contributed by atoms with Crippen LogP contribution >= 0.6 is 0 Å². The first-order valence-corrected chi connectivity index (χ1v) is 7.32. The number of rotatable bonds is 7. The van der Waals surface area contributed by atoms with E-state index in [1.54, 1.807) is 0 Å². The molecule has 0 aromatic heterocycles. The van der Waals surface area contributed by atoms with Crippen LogP contribution in [0.2, 0.25) is 0 Å². The van der Waals surface area contributed by atoms with Crippen LogP contribution in [-0.4, -0.2) is 18.9 Å². The second-order valence-corrected chi connectivity index (χ2v) is 5.77. The highest BCUT2D eigenvalue weighted by molar-refractivity contribution is 5.84. The van der Waals surface area contributed by atoms with Crippen LogP contribution in [0, 0.1) is 17.8 Å². The second-order valence-electron chi connectivity index (χ2n) is 5.77. The lowest BCUT2D eigenvalue weighted by atomic mass is 9.89. The minimum atomic E-state index is 0.113. The van der Waals surface area contributed by atoms with Gasteiger partial charge in [0.2, 0.25) is 0 Å².